The van der Waals surface area contributed by atoms with Crippen molar-refractivity contribution in [3.8, 4) is 68.2 Å². The van der Waals surface area contributed by atoms with Gasteiger partial charge in [0.2, 0.25) is 0 Å². The summed E-state index contributed by atoms with van der Waals surface area (Å²) in [5.74, 6) is 7.75. The Morgan fingerprint density at radius 3 is 0.898 bits per heavy atom. The molecule has 0 aliphatic heterocycles. The molecule has 5 heterocycles. The summed E-state index contributed by atoms with van der Waals surface area (Å²) in [5.41, 5.74) is 23.1. The van der Waals surface area contributed by atoms with Gasteiger partial charge in [0.05, 0.1) is 11.4 Å². The van der Waals surface area contributed by atoms with Crippen molar-refractivity contribution in [2.24, 2.45) is 0 Å². The molecule has 13 rings (SSSR count). The summed E-state index contributed by atoms with van der Waals surface area (Å²) in [7, 11) is -3.96. The Hall–Kier alpha value is -7.88. The fourth-order valence-corrected chi connectivity index (χ4v) is 24.7. The van der Waals surface area contributed by atoms with Gasteiger partial charge >= 0.3 is 32.7 Å². The van der Waals surface area contributed by atoms with Crippen LogP contribution < -0.4 is 15.0 Å². The van der Waals surface area contributed by atoms with Gasteiger partial charge in [0.1, 0.15) is 16.1 Å². The Balaban J connectivity index is 0.000000380. The minimum absolute atomic E-state index is 0. The van der Waals surface area contributed by atoms with Crippen LogP contribution in [-0.4, -0.2) is 26.1 Å². The van der Waals surface area contributed by atoms with Crippen molar-refractivity contribution in [3.05, 3.63) is 230 Å². The van der Waals surface area contributed by atoms with Crippen LogP contribution in [0.1, 0.15) is 94.2 Å². The second-order valence-electron chi connectivity index (χ2n) is 25.0. The van der Waals surface area contributed by atoms with Crippen LogP contribution in [0, 0.1) is 22.9 Å². The molecule has 0 atom stereocenters. The zero-order valence-electron chi connectivity index (χ0n) is 53.1. The van der Waals surface area contributed by atoms with E-state index in [9.17, 15) is 0 Å². The summed E-state index contributed by atoms with van der Waals surface area (Å²) in [5, 5.41) is 11.7. The maximum atomic E-state index is 5.38. The summed E-state index contributed by atoms with van der Waals surface area (Å²) in [4.78, 5) is 24.2. The molecule has 434 valence electrons. The van der Waals surface area contributed by atoms with Crippen molar-refractivity contribution in [2.45, 2.75) is 116 Å². The van der Waals surface area contributed by atoms with Crippen LogP contribution >= 0.6 is 0 Å². The number of hydrogen-bond acceptors (Lipinski definition) is 2. The van der Waals surface area contributed by atoms with Crippen LogP contribution in [0.4, 0.5) is 0 Å². The van der Waals surface area contributed by atoms with E-state index in [-0.39, 0.29) is 32.7 Å². The molecule has 0 saturated heterocycles. The minimum atomic E-state index is -1.98. The number of hydrogen-bond donors (Lipinski definition) is 0. The summed E-state index contributed by atoms with van der Waals surface area (Å²) in [6, 6.07) is 71.9. The smallest absolute Gasteiger partial charge is 0.664 e. The molecule has 5 aromatic heterocycles. The first kappa shape index (κ1) is 63.1. The van der Waals surface area contributed by atoms with Gasteiger partial charge < -0.3 is 15.0 Å². The Morgan fingerprint density at radius 1 is 0.307 bits per heavy atom. The summed E-state index contributed by atoms with van der Waals surface area (Å²) in [6.07, 6.45) is 3.65. The SMILES string of the molecule is CC(C)[Si](C#Cc1c2ccccc2c(-c2cccc(-c3ccc(-c4cccc(-c5c6ccccc6c(C#C[Si](C(C)C)(C(C)C)C(C)C)c6ccccc56)n4)[n-]3)n2)c2ccccc12)(C(C)C)C(C)C.[Y+3].c1ccc2[n-]ccc2c1.c1ccc2[n-]ccc2c1. The third-order valence-electron chi connectivity index (χ3n) is 18.4. The molecule has 88 heavy (non-hydrogen) atoms. The van der Waals surface area contributed by atoms with Crippen molar-refractivity contribution in [1.82, 2.24) is 24.9 Å². The van der Waals surface area contributed by atoms with E-state index in [4.69, 9.17) is 15.0 Å². The van der Waals surface area contributed by atoms with E-state index in [0.29, 0.717) is 33.2 Å². The van der Waals surface area contributed by atoms with Gasteiger partial charge in [-0.1, -0.05) is 277 Å². The molecule has 5 nitrogen and oxygen atoms in total. The summed E-state index contributed by atoms with van der Waals surface area (Å²) < 4.78 is 0. The van der Waals surface area contributed by atoms with Crippen molar-refractivity contribution in [2.75, 3.05) is 0 Å². The molecule has 0 N–H and O–H groups in total. The number of para-hydroxylation sites is 2. The fourth-order valence-electron chi connectivity index (χ4n) is 14.3. The number of benzene rings is 8. The molecular formula is C80H78N5Si2Y. The van der Waals surface area contributed by atoms with Gasteiger partial charge in [-0.3, -0.25) is 0 Å². The number of fused-ring (bicyclic) bond motifs is 6. The maximum Gasteiger partial charge on any atom is 3.00 e. The van der Waals surface area contributed by atoms with Crippen LogP contribution in [0.2, 0.25) is 33.2 Å². The molecule has 8 aromatic carbocycles. The standard InChI is InChI=1S/C64H66N3Si2.2C8H6N.Y/c1-41(2)68(42(3)4,43(5)6)39-37-51-47-23-13-17-27-53(47)63(54-28-18-14-24-48(51)54)61-33-21-31-57(66-61)59-35-36-60(65-59)58-32-22-34-62(67-58)64-55-29-19-15-25-49(55)52(50-26-16-20-30-56(50)64)38-40-69(44(7)8,45(9)10)46(11)12;2*1-2-4-8-7(3-1)5-6-9-8;/h13-36,41-46H,1-12H3;2*1-6H;/q3*-1;+3. The predicted molar refractivity (Wildman–Crippen MR) is 378 cm³/mol. The van der Waals surface area contributed by atoms with Gasteiger partial charge in [0.25, 0.3) is 0 Å². The van der Waals surface area contributed by atoms with Gasteiger partial charge in [0.15, 0.2) is 0 Å². The Bertz CT molecular complexity index is 4210. The molecule has 0 unspecified atom stereocenters. The van der Waals surface area contributed by atoms with E-state index in [1.807, 2.05) is 60.9 Å². The molecule has 0 aliphatic carbocycles. The molecule has 13 aromatic rings. The first-order valence-corrected chi connectivity index (χ1v) is 35.5. The van der Waals surface area contributed by atoms with Gasteiger partial charge in [-0.25, -0.2) is 9.97 Å². The van der Waals surface area contributed by atoms with Crippen LogP contribution in [0.3, 0.4) is 0 Å². The molecule has 0 radical (unpaired) electrons. The van der Waals surface area contributed by atoms with Crippen LogP contribution in [0.5, 0.6) is 0 Å². The van der Waals surface area contributed by atoms with Crippen molar-refractivity contribution in [1.29, 1.82) is 0 Å². The number of aromatic nitrogens is 5. The number of nitrogens with zero attached hydrogens (tertiary/aromatic N) is 5. The molecule has 0 bridgehead atoms. The molecule has 0 aliphatic rings. The second kappa shape index (κ2) is 27.2. The van der Waals surface area contributed by atoms with Crippen molar-refractivity contribution < 1.29 is 32.7 Å². The molecular weight excluding hydrogens is 1180 g/mol. The Kier molecular flexibility index (Phi) is 19.6. The van der Waals surface area contributed by atoms with E-state index >= 15 is 0 Å². The second-order valence-corrected chi connectivity index (χ2v) is 36.2. The summed E-state index contributed by atoms with van der Waals surface area (Å²) in [6.45, 7) is 28.6. The van der Waals surface area contributed by atoms with E-state index < -0.39 is 16.1 Å². The Morgan fingerprint density at radius 2 is 0.591 bits per heavy atom. The van der Waals surface area contributed by atoms with E-state index in [1.165, 1.54) is 32.3 Å². The maximum absolute atomic E-state index is 5.38. The average Bonchev–Trinajstić information content (AvgIpc) is 1.29. The first-order chi connectivity index (χ1) is 42.1. The van der Waals surface area contributed by atoms with E-state index in [0.717, 1.165) is 89.0 Å². The van der Waals surface area contributed by atoms with Gasteiger partial charge in [-0.15, -0.1) is 33.5 Å². The normalized spacial score (nSPS) is 11.8. The zero-order chi connectivity index (χ0) is 61.0. The largest absolute Gasteiger partial charge is 3.00 e. The molecule has 0 saturated carbocycles. The van der Waals surface area contributed by atoms with E-state index in [2.05, 4.69) is 274 Å². The van der Waals surface area contributed by atoms with Gasteiger partial charge in [-0.05, 0) is 111 Å². The summed E-state index contributed by atoms with van der Waals surface area (Å²) >= 11 is 0. The Labute approximate surface area is 548 Å². The monoisotopic (exact) mass is 1250 g/mol. The number of pyridine rings is 2. The quantitative estimate of drug-likeness (QED) is 0.0775. The van der Waals surface area contributed by atoms with Crippen LogP contribution in [0.15, 0.2) is 219 Å². The first-order valence-electron chi connectivity index (χ1n) is 31.1. The topological polar surface area (TPSA) is 68.1 Å². The van der Waals surface area contributed by atoms with Crippen molar-refractivity contribution >= 4 is 81.0 Å². The minimum Gasteiger partial charge on any atom is -0.664 e. The number of rotatable bonds is 10. The third kappa shape index (κ3) is 12.2. The molecule has 0 amide bonds. The fraction of sp³-hybridized carbons (Fsp3) is 0.225. The molecule has 8 heteroatoms. The van der Waals surface area contributed by atoms with Gasteiger partial charge in [0, 0.05) is 33.6 Å². The average molecular weight is 1250 g/mol. The third-order valence-corrected chi connectivity index (χ3v) is 31.0. The molecule has 0 spiro atoms. The van der Waals surface area contributed by atoms with Gasteiger partial charge in [-0.2, -0.15) is 12.4 Å². The van der Waals surface area contributed by atoms with Crippen molar-refractivity contribution in [3.63, 3.8) is 0 Å². The van der Waals surface area contributed by atoms with Crippen LogP contribution in [0.25, 0.3) is 110 Å². The molecule has 0 fully saturated rings. The van der Waals surface area contributed by atoms with Crippen LogP contribution in [-0.2, 0) is 32.7 Å². The van der Waals surface area contributed by atoms with E-state index in [1.54, 1.807) is 0 Å². The predicted octanol–water partition coefficient (Wildman–Crippen LogP) is 21.4. The zero-order valence-corrected chi connectivity index (χ0v) is 57.9.